The highest BCUT2D eigenvalue weighted by molar-refractivity contribution is 7.89. The molecular weight excluding hydrogens is 396 g/mol. The summed E-state index contributed by atoms with van der Waals surface area (Å²) in [6.07, 6.45) is 5.40. The second-order valence-electron chi connectivity index (χ2n) is 7.22. The fourth-order valence-electron chi connectivity index (χ4n) is 3.64. The van der Waals surface area contributed by atoms with Crippen molar-refractivity contribution in [2.75, 3.05) is 26.8 Å². The molecule has 0 aromatic heterocycles. The lowest BCUT2D eigenvalue weighted by Crippen LogP contribution is -2.49. The van der Waals surface area contributed by atoms with E-state index in [9.17, 15) is 18.3 Å². The number of hydrogen-bond acceptors (Lipinski definition) is 6. The smallest absolute Gasteiger partial charge is 0.244 e. The Labute approximate surface area is 171 Å². The van der Waals surface area contributed by atoms with Crippen molar-refractivity contribution in [2.24, 2.45) is 0 Å². The number of carbonyl (C=O) groups is 1. The molecule has 2 N–H and O–H groups in total. The largest absolute Gasteiger partial charge is 0.495 e. The number of amides is 1. The van der Waals surface area contributed by atoms with E-state index in [1.54, 1.807) is 30.4 Å². The van der Waals surface area contributed by atoms with Crippen molar-refractivity contribution in [3.63, 3.8) is 0 Å². The van der Waals surface area contributed by atoms with E-state index in [1.807, 2.05) is 4.90 Å². The normalized spacial score (nSPS) is 25.0. The van der Waals surface area contributed by atoms with Crippen molar-refractivity contribution in [3.05, 3.63) is 36.4 Å². The zero-order valence-electron chi connectivity index (χ0n) is 16.5. The van der Waals surface area contributed by atoms with Crippen molar-refractivity contribution < 1.29 is 27.8 Å². The molecule has 8 nitrogen and oxygen atoms in total. The summed E-state index contributed by atoms with van der Waals surface area (Å²) in [6, 6.07) is 5.55. The maximum atomic E-state index is 12.8. The van der Waals surface area contributed by atoms with Gasteiger partial charge in [0.2, 0.25) is 15.9 Å². The van der Waals surface area contributed by atoms with Crippen molar-refractivity contribution >= 4 is 15.9 Å². The summed E-state index contributed by atoms with van der Waals surface area (Å²) in [5.41, 5.74) is 0. The van der Waals surface area contributed by atoms with Gasteiger partial charge in [-0.3, -0.25) is 4.79 Å². The first kappa shape index (κ1) is 21.8. The molecule has 0 unspecified atom stereocenters. The second-order valence-corrected chi connectivity index (χ2v) is 8.91. The Balaban J connectivity index is 1.67. The van der Waals surface area contributed by atoms with E-state index in [0.29, 0.717) is 0 Å². The van der Waals surface area contributed by atoms with Crippen LogP contribution in [0.2, 0.25) is 0 Å². The number of sulfonamides is 1. The summed E-state index contributed by atoms with van der Waals surface area (Å²) < 4.78 is 39.1. The lowest BCUT2D eigenvalue weighted by molar-refractivity contribution is -0.136. The third-order valence-electron chi connectivity index (χ3n) is 5.20. The van der Waals surface area contributed by atoms with Crippen LogP contribution in [0.15, 0.2) is 41.3 Å². The molecule has 0 aliphatic carbocycles. The average molecular weight is 425 g/mol. The minimum Gasteiger partial charge on any atom is -0.495 e. The van der Waals surface area contributed by atoms with Gasteiger partial charge in [-0.25, -0.2) is 13.1 Å². The van der Waals surface area contributed by atoms with Gasteiger partial charge in [-0.05, 0) is 31.4 Å². The average Bonchev–Trinajstić information content (AvgIpc) is 2.75. The van der Waals surface area contributed by atoms with E-state index in [-0.39, 0.29) is 29.6 Å². The predicted molar refractivity (Wildman–Crippen MR) is 107 cm³/mol. The number of carbonyl (C=O) groups excluding carboxylic acids is 1. The van der Waals surface area contributed by atoms with Crippen LogP contribution in [0, 0.1) is 0 Å². The summed E-state index contributed by atoms with van der Waals surface area (Å²) >= 11 is 0. The van der Waals surface area contributed by atoms with Gasteiger partial charge >= 0.3 is 0 Å². The molecule has 0 saturated carbocycles. The lowest BCUT2D eigenvalue weighted by Gasteiger charge is -2.33. The number of piperidine rings is 1. The Morgan fingerprint density at radius 1 is 1.24 bits per heavy atom. The van der Waals surface area contributed by atoms with E-state index in [4.69, 9.17) is 9.47 Å². The zero-order valence-corrected chi connectivity index (χ0v) is 17.3. The van der Waals surface area contributed by atoms with Gasteiger partial charge in [0.05, 0.1) is 32.3 Å². The molecule has 160 valence electrons. The van der Waals surface area contributed by atoms with Crippen molar-refractivity contribution in [1.29, 1.82) is 0 Å². The van der Waals surface area contributed by atoms with E-state index in [1.165, 1.54) is 13.2 Å². The number of rotatable bonds is 7. The first-order chi connectivity index (χ1) is 13.9. The van der Waals surface area contributed by atoms with Crippen LogP contribution in [0.3, 0.4) is 0 Å². The number of ether oxygens (including phenoxy) is 2. The van der Waals surface area contributed by atoms with Crippen molar-refractivity contribution in [1.82, 2.24) is 9.62 Å². The van der Waals surface area contributed by atoms with E-state index >= 15 is 0 Å². The molecule has 2 heterocycles. The minimum atomic E-state index is -3.90. The third-order valence-corrected chi connectivity index (χ3v) is 6.70. The van der Waals surface area contributed by atoms with Gasteiger partial charge in [0, 0.05) is 13.1 Å². The summed E-state index contributed by atoms with van der Waals surface area (Å²) in [7, 11) is -2.49. The van der Waals surface area contributed by atoms with Crippen LogP contribution < -0.4 is 9.46 Å². The quantitative estimate of drug-likeness (QED) is 0.634. The van der Waals surface area contributed by atoms with E-state index in [0.717, 1.165) is 32.4 Å². The van der Waals surface area contributed by atoms with Crippen LogP contribution in [-0.4, -0.2) is 69.4 Å². The van der Waals surface area contributed by atoms with Gasteiger partial charge in [0.25, 0.3) is 0 Å². The molecule has 3 rings (SSSR count). The first-order valence-corrected chi connectivity index (χ1v) is 11.3. The monoisotopic (exact) mass is 424 g/mol. The fraction of sp³-hybridized carbons (Fsp3) is 0.550. The van der Waals surface area contributed by atoms with Crippen LogP contribution in [0.5, 0.6) is 5.75 Å². The highest BCUT2D eigenvalue weighted by atomic mass is 32.2. The van der Waals surface area contributed by atoms with Gasteiger partial charge in [0.15, 0.2) is 0 Å². The summed E-state index contributed by atoms with van der Waals surface area (Å²) in [6.45, 7) is 1.15. The number of aliphatic hydroxyl groups is 1. The van der Waals surface area contributed by atoms with Crippen LogP contribution in [0.1, 0.15) is 25.7 Å². The maximum Gasteiger partial charge on any atom is 0.244 e. The number of nitrogens with one attached hydrogen (secondary N) is 1. The molecule has 1 amide bonds. The second kappa shape index (κ2) is 9.71. The topological polar surface area (TPSA) is 105 Å². The third kappa shape index (κ3) is 5.36. The fourth-order valence-corrected chi connectivity index (χ4v) is 5.03. The zero-order chi connectivity index (χ0) is 20.9. The number of aliphatic hydroxyl groups excluding tert-OH is 1. The Hall–Kier alpha value is -1.94. The van der Waals surface area contributed by atoms with E-state index in [2.05, 4.69) is 4.72 Å². The lowest BCUT2D eigenvalue weighted by atomic mass is 10.0. The first-order valence-electron chi connectivity index (χ1n) is 9.82. The van der Waals surface area contributed by atoms with Gasteiger partial charge in [-0.2, -0.15) is 0 Å². The summed E-state index contributed by atoms with van der Waals surface area (Å²) in [4.78, 5) is 14.3. The van der Waals surface area contributed by atoms with Gasteiger partial charge < -0.3 is 19.5 Å². The molecular formula is C20H28N2O6S. The molecule has 29 heavy (non-hydrogen) atoms. The molecule has 0 bridgehead atoms. The number of para-hydroxylation sites is 1. The molecule has 0 radical (unpaired) electrons. The van der Waals surface area contributed by atoms with Crippen LogP contribution >= 0.6 is 0 Å². The Morgan fingerprint density at radius 2 is 1.97 bits per heavy atom. The Bertz CT molecular complexity index is 835. The van der Waals surface area contributed by atoms with Crippen LogP contribution in [0.4, 0.5) is 0 Å². The van der Waals surface area contributed by atoms with Crippen LogP contribution in [0.25, 0.3) is 0 Å². The van der Waals surface area contributed by atoms with Crippen molar-refractivity contribution in [3.8, 4) is 5.75 Å². The molecule has 1 saturated heterocycles. The van der Waals surface area contributed by atoms with E-state index < -0.39 is 28.3 Å². The number of methoxy groups -OCH3 is 1. The maximum absolute atomic E-state index is 12.8. The Kier molecular flexibility index (Phi) is 7.28. The summed E-state index contributed by atoms with van der Waals surface area (Å²) in [5.74, 6) is 0.246. The molecule has 2 aliphatic heterocycles. The minimum absolute atomic E-state index is 0.00925. The number of hydrogen-bond donors (Lipinski definition) is 2. The van der Waals surface area contributed by atoms with Crippen molar-refractivity contribution in [2.45, 2.75) is 48.8 Å². The SMILES string of the molecule is COc1ccccc1S(=O)(=O)N[C@H]1C=C[C@H](CC(=O)N2CCCCC2)O[C@@H]1CO. The van der Waals surface area contributed by atoms with Crippen LogP contribution in [-0.2, 0) is 19.6 Å². The standard InChI is InChI=1S/C20H28N2O6S/c1-27-17-7-3-4-8-19(17)29(25,26)21-16-10-9-15(28-18(16)14-23)13-20(24)22-11-5-2-6-12-22/h3-4,7-10,15-16,18,21,23H,2,5-6,11-14H2,1H3/t15-,16+,18-/m1/s1. The molecule has 1 aromatic carbocycles. The van der Waals surface area contributed by atoms with Gasteiger partial charge in [-0.15, -0.1) is 0 Å². The summed E-state index contributed by atoms with van der Waals surface area (Å²) in [5, 5.41) is 9.72. The number of benzene rings is 1. The molecule has 3 atom stereocenters. The highest BCUT2D eigenvalue weighted by Gasteiger charge is 2.33. The number of nitrogens with zero attached hydrogens (tertiary/aromatic N) is 1. The molecule has 1 aromatic rings. The molecule has 9 heteroatoms. The Morgan fingerprint density at radius 3 is 2.66 bits per heavy atom. The molecule has 2 aliphatic rings. The highest BCUT2D eigenvalue weighted by Crippen LogP contribution is 2.25. The predicted octanol–water partition coefficient (Wildman–Crippen LogP) is 1.06. The molecule has 0 spiro atoms. The van der Waals surface area contributed by atoms with Gasteiger partial charge in [-0.1, -0.05) is 24.3 Å². The van der Waals surface area contributed by atoms with Gasteiger partial charge in [0.1, 0.15) is 16.7 Å². The number of likely N-dealkylation sites (tertiary alicyclic amines) is 1. The molecule has 1 fully saturated rings.